The fourth-order valence-electron chi connectivity index (χ4n) is 3.30. The highest BCUT2D eigenvalue weighted by molar-refractivity contribution is 5.86. The molecule has 0 nitrogen and oxygen atoms in total. The quantitative estimate of drug-likeness (QED) is 0.589. The molecular formula is C19H15. The first-order chi connectivity index (χ1) is 9.42. The summed E-state index contributed by atoms with van der Waals surface area (Å²) < 4.78 is 0. The Kier molecular flexibility index (Phi) is 2.41. The third kappa shape index (κ3) is 1.76. The van der Waals surface area contributed by atoms with Crippen molar-refractivity contribution in [3.05, 3.63) is 83.4 Å². The van der Waals surface area contributed by atoms with Crippen LogP contribution in [0.15, 0.2) is 60.7 Å². The highest BCUT2D eigenvalue weighted by Crippen LogP contribution is 2.36. The molecule has 1 atom stereocenters. The topological polar surface area (TPSA) is 0 Å². The lowest BCUT2D eigenvalue weighted by Gasteiger charge is -2.13. The molecule has 0 N–H and O–H groups in total. The van der Waals surface area contributed by atoms with Crippen LogP contribution in [0.2, 0.25) is 0 Å². The largest absolute Gasteiger partial charge is 0.0616 e. The minimum atomic E-state index is 0.611. The molecule has 3 aromatic carbocycles. The summed E-state index contributed by atoms with van der Waals surface area (Å²) >= 11 is 0. The maximum absolute atomic E-state index is 3.40. The van der Waals surface area contributed by atoms with Gasteiger partial charge in [-0.3, -0.25) is 0 Å². The van der Waals surface area contributed by atoms with Crippen molar-refractivity contribution in [3.8, 4) is 0 Å². The van der Waals surface area contributed by atoms with Crippen molar-refractivity contribution in [2.45, 2.75) is 18.8 Å². The molecule has 0 saturated heterocycles. The summed E-state index contributed by atoms with van der Waals surface area (Å²) in [6, 6.07) is 25.2. The monoisotopic (exact) mass is 243 g/mol. The third-order valence-electron chi connectivity index (χ3n) is 4.22. The first-order valence-corrected chi connectivity index (χ1v) is 6.88. The van der Waals surface area contributed by atoms with E-state index in [1.165, 1.54) is 27.5 Å². The molecule has 3 aromatic rings. The van der Waals surface area contributed by atoms with Crippen LogP contribution in [0.5, 0.6) is 0 Å². The smallest absolute Gasteiger partial charge is 0.00745 e. The molecule has 4 rings (SSSR count). The highest BCUT2D eigenvalue weighted by atomic mass is 14.3. The van der Waals surface area contributed by atoms with Gasteiger partial charge in [-0.25, -0.2) is 0 Å². The molecule has 0 spiro atoms. The molecule has 0 aliphatic heterocycles. The molecule has 0 fully saturated rings. The van der Waals surface area contributed by atoms with Crippen molar-refractivity contribution in [2.24, 2.45) is 0 Å². The van der Waals surface area contributed by atoms with E-state index in [1.54, 1.807) is 0 Å². The maximum atomic E-state index is 3.40. The van der Waals surface area contributed by atoms with Crippen LogP contribution in [0, 0.1) is 6.07 Å². The van der Waals surface area contributed by atoms with Crippen molar-refractivity contribution >= 4 is 10.8 Å². The molecule has 1 aliphatic rings. The Morgan fingerprint density at radius 3 is 2.68 bits per heavy atom. The molecule has 0 aromatic heterocycles. The van der Waals surface area contributed by atoms with Crippen LogP contribution >= 0.6 is 0 Å². The summed E-state index contributed by atoms with van der Waals surface area (Å²) in [5.41, 5.74) is 4.36. The van der Waals surface area contributed by atoms with E-state index in [-0.39, 0.29) is 0 Å². The second kappa shape index (κ2) is 4.24. The van der Waals surface area contributed by atoms with Crippen molar-refractivity contribution < 1.29 is 0 Å². The predicted molar refractivity (Wildman–Crippen MR) is 79.4 cm³/mol. The van der Waals surface area contributed by atoms with Gasteiger partial charge in [0, 0.05) is 0 Å². The number of rotatable bonds is 1. The summed E-state index contributed by atoms with van der Waals surface area (Å²) in [6.45, 7) is 0. The van der Waals surface area contributed by atoms with Crippen LogP contribution in [0.1, 0.15) is 22.6 Å². The fraction of sp³-hybridized carbons (Fsp3) is 0.158. The van der Waals surface area contributed by atoms with Crippen LogP contribution < -0.4 is 0 Å². The third-order valence-corrected chi connectivity index (χ3v) is 4.22. The van der Waals surface area contributed by atoms with E-state index in [1.807, 2.05) is 6.07 Å². The predicted octanol–water partition coefficient (Wildman–Crippen LogP) is 4.52. The zero-order valence-corrected chi connectivity index (χ0v) is 10.8. The summed E-state index contributed by atoms with van der Waals surface area (Å²) in [6.07, 6.45) is 2.28. The van der Waals surface area contributed by atoms with Gasteiger partial charge in [0.25, 0.3) is 0 Å². The van der Waals surface area contributed by atoms with Crippen molar-refractivity contribution in [2.75, 3.05) is 0 Å². The number of hydrogen-bond acceptors (Lipinski definition) is 0. The molecule has 1 unspecified atom stereocenters. The van der Waals surface area contributed by atoms with E-state index in [0.29, 0.717) is 5.92 Å². The summed E-state index contributed by atoms with van der Waals surface area (Å²) in [7, 11) is 0. The van der Waals surface area contributed by atoms with E-state index in [9.17, 15) is 0 Å². The molecule has 1 radical (unpaired) electrons. The standard InChI is InChI=1S/C19H15/c1-2-8-16-13-17(12-15(16)7-1)19-11-5-9-14-6-3-4-10-18(14)19/h1-7,9-11,17H,12-13H2. The van der Waals surface area contributed by atoms with Gasteiger partial charge in [0.05, 0.1) is 0 Å². The molecule has 0 heteroatoms. The number of hydrogen-bond donors (Lipinski definition) is 0. The van der Waals surface area contributed by atoms with Gasteiger partial charge in [-0.05, 0) is 52.3 Å². The summed E-state index contributed by atoms with van der Waals surface area (Å²) in [5.74, 6) is 0.611. The zero-order chi connectivity index (χ0) is 12.7. The van der Waals surface area contributed by atoms with E-state index in [2.05, 4.69) is 60.7 Å². The maximum Gasteiger partial charge on any atom is -0.00745 e. The Bertz CT molecular complexity index is 709. The molecule has 0 saturated carbocycles. The fourth-order valence-corrected chi connectivity index (χ4v) is 3.30. The van der Waals surface area contributed by atoms with Crippen molar-refractivity contribution in [3.63, 3.8) is 0 Å². The Morgan fingerprint density at radius 1 is 0.842 bits per heavy atom. The van der Waals surface area contributed by atoms with Crippen LogP contribution in [0.25, 0.3) is 10.8 Å². The van der Waals surface area contributed by atoms with E-state index < -0.39 is 0 Å². The van der Waals surface area contributed by atoms with Gasteiger partial charge in [0.15, 0.2) is 0 Å². The molecular weight excluding hydrogens is 228 g/mol. The van der Waals surface area contributed by atoms with Gasteiger partial charge in [0.2, 0.25) is 0 Å². The van der Waals surface area contributed by atoms with Crippen LogP contribution in [-0.2, 0) is 12.8 Å². The first-order valence-electron chi connectivity index (χ1n) is 6.88. The molecule has 0 bridgehead atoms. The second-order valence-corrected chi connectivity index (χ2v) is 5.35. The molecule has 1 aliphatic carbocycles. The van der Waals surface area contributed by atoms with Crippen LogP contribution in [0.4, 0.5) is 0 Å². The van der Waals surface area contributed by atoms with Gasteiger partial charge in [-0.1, -0.05) is 60.7 Å². The minimum absolute atomic E-state index is 0.611. The molecule has 19 heavy (non-hydrogen) atoms. The minimum Gasteiger partial charge on any atom is -0.0616 e. The van der Waals surface area contributed by atoms with Gasteiger partial charge >= 0.3 is 0 Å². The Hall–Kier alpha value is -2.08. The van der Waals surface area contributed by atoms with E-state index >= 15 is 0 Å². The average molecular weight is 243 g/mol. The lowest BCUT2D eigenvalue weighted by Crippen LogP contribution is -1.98. The van der Waals surface area contributed by atoms with E-state index in [4.69, 9.17) is 0 Å². The Morgan fingerprint density at radius 2 is 1.74 bits per heavy atom. The van der Waals surface area contributed by atoms with Crippen molar-refractivity contribution in [1.29, 1.82) is 0 Å². The highest BCUT2D eigenvalue weighted by Gasteiger charge is 2.23. The normalized spacial score (nSPS) is 14.7. The molecule has 0 heterocycles. The summed E-state index contributed by atoms with van der Waals surface area (Å²) in [4.78, 5) is 0. The van der Waals surface area contributed by atoms with Crippen LogP contribution in [0.3, 0.4) is 0 Å². The lowest BCUT2D eigenvalue weighted by atomic mass is 9.91. The Labute approximate surface area is 113 Å². The molecule has 91 valence electrons. The first kappa shape index (κ1) is 10.8. The Balaban J connectivity index is 1.81. The van der Waals surface area contributed by atoms with E-state index in [0.717, 1.165) is 12.8 Å². The van der Waals surface area contributed by atoms with Gasteiger partial charge in [0.1, 0.15) is 0 Å². The summed E-state index contributed by atoms with van der Waals surface area (Å²) in [5, 5.41) is 2.75. The SMILES string of the molecule is [c]1cccc2c1CC(c1cccc3ccccc13)C2. The van der Waals surface area contributed by atoms with Gasteiger partial charge < -0.3 is 0 Å². The number of benzene rings is 3. The van der Waals surface area contributed by atoms with Crippen molar-refractivity contribution in [1.82, 2.24) is 0 Å². The van der Waals surface area contributed by atoms with Gasteiger partial charge in [-0.15, -0.1) is 0 Å². The van der Waals surface area contributed by atoms with Gasteiger partial charge in [-0.2, -0.15) is 0 Å². The molecule has 0 amide bonds. The number of fused-ring (bicyclic) bond motifs is 2. The second-order valence-electron chi connectivity index (χ2n) is 5.35. The lowest BCUT2D eigenvalue weighted by molar-refractivity contribution is 0.748. The van der Waals surface area contributed by atoms with Crippen LogP contribution in [-0.4, -0.2) is 0 Å². The zero-order valence-electron chi connectivity index (χ0n) is 10.8. The average Bonchev–Trinajstić information content (AvgIpc) is 2.90.